The molecule has 0 heterocycles. The van der Waals surface area contributed by atoms with Crippen LogP contribution < -0.4 is 15.8 Å². The van der Waals surface area contributed by atoms with Gasteiger partial charge < -0.3 is 20.9 Å². The van der Waals surface area contributed by atoms with Crippen LogP contribution in [-0.2, 0) is 0 Å². The molecule has 0 radical (unpaired) electrons. The summed E-state index contributed by atoms with van der Waals surface area (Å²) in [7, 11) is 1.48. The molecule has 104 valence electrons. The number of nitrogens with one attached hydrogen (secondary N) is 1. The van der Waals surface area contributed by atoms with Crippen LogP contribution in [0.3, 0.4) is 0 Å². The van der Waals surface area contributed by atoms with Crippen molar-refractivity contribution >= 4 is 11.6 Å². The summed E-state index contributed by atoms with van der Waals surface area (Å²) in [5, 5.41) is 12.7. The number of hydrogen-bond donors (Lipinski definition) is 3. The molecule has 0 unspecified atom stereocenters. The van der Waals surface area contributed by atoms with Crippen molar-refractivity contribution in [2.24, 2.45) is 0 Å². The molecule has 0 aliphatic heterocycles. The van der Waals surface area contributed by atoms with Gasteiger partial charge in [0.2, 0.25) is 0 Å². The Bertz CT molecular complexity index is 462. The van der Waals surface area contributed by atoms with E-state index in [1.54, 1.807) is 18.2 Å². The Hall–Kier alpha value is -1.75. The molecule has 1 fully saturated rings. The van der Waals surface area contributed by atoms with Crippen LogP contribution in [-0.4, -0.2) is 30.3 Å². The number of amides is 1. The van der Waals surface area contributed by atoms with Gasteiger partial charge in [0.25, 0.3) is 5.91 Å². The number of aliphatic hydroxyl groups is 1. The van der Waals surface area contributed by atoms with Gasteiger partial charge in [0.1, 0.15) is 0 Å². The molecule has 5 nitrogen and oxygen atoms in total. The number of carbonyl (C=O) groups excluding carboxylic acids is 1. The largest absolute Gasteiger partial charge is 0.494 e. The summed E-state index contributed by atoms with van der Waals surface area (Å²) in [5.74, 6) is 0.125. The number of nitrogens with two attached hydrogens (primary N) is 1. The number of anilines is 1. The summed E-state index contributed by atoms with van der Waals surface area (Å²) in [6.07, 6.45) is 3.10. The van der Waals surface area contributed by atoms with Crippen molar-refractivity contribution in [2.45, 2.75) is 37.8 Å². The number of nitrogen functional groups attached to an aromatic ring is 1. The van der Waals surface area contributed by atoms with Crippen molar-refractivity contribution in [3.05, 3.63) is 23.8 Å². The van der Waals surface area contributed by atoms with E-state index >= 15 is 0 Å². The maximum Gasteiger partial charge on any atom is 0.255 e. The van der Waals surface area contributed by atoms with Crippen molar-refractivity contribution in [2.75, 3.05) is 12.8 Å². The van der Waals surface area contributed by atoms with Crippen molar-refractivity contribution in [3.63, 3.8) is 0 Å². The van der Waals surface area contributed by atoms with Crippen LogP contribution in [0.2, 0.25) is 0 Å². The molecule has 1 aliphatic rings. The molecule has 2 rings (SSSR count). The molecule has 2 atom stereocenters. The molecule has 4 N–H and O–H groups in total. The monoisotopic (exact) mass is 264 g/mol. The number of methoxy groups -OCH3 is 1. The highest BCUT2D eigenvalue weighted by atomic mass is 16.5. The molecule has 1 aliphatic carbocycles. The SMILES string of the molecule is COc1c(N)cccc1C(=O)N[C@@H]1CCCC[C@H]1O. The van der Waals surface area contributed by atoms with Crippen molar-refractivity contribution in [1.82, 2.24) is 5.32 Å². The molecular formula is C14H20N2O3. The first-order chi connectivity index (χ1) is 9.13. The minimum absolute atomic E-state index is 0.188. The molecule has 1 saturated carbocycles. The lowest BCUT2D eigenvalue weighted by Crippen LogP contribution is -2.45. The van der Waals surface area contributed by atoms with Crippen LogP contribution >= 0.6 is 0 Å². The quantitative estimate of drug-likeness (QED) is 0.719. The third-order valence-corrected chi connectivity index (χ3v) is 3.54. The van der Waals surface area contributed by atoms with Gasteiger partial charge >= 0.3 is 0 Å². The van der Waals surface area contributed by atoms with E-state index in [9.17, 15) is 9.90 Å². The number of rotatable bonds is 3. The van der Waals surface area contributed by atoms with Crippen molar-refractivity contribution in [3.8, 4) is 5.75 Å². The Morgan fingerprint density at radius 1 is 1.42 bits per heavy atom. The Morgan fingerprint density at radius 2 is 2.16 bits per heavy atom. The maximum atomic E-state index is 12.2. The highest BCUT2D eigenvalue weighted by Crippen LogP contribution is 2.26. The second kappa shape index (κ2) is 5.93. The van der Waals surface area contributed by atoms with Gasteiger partial charge in [-0.05, 0) is 25.0 Å². The van der Waals surface area contributed by atoms with Gasteiger partial charge in [-0.25, -0.2) is 0 Å². The van der Waals surface area contributed by atoms with Crippen LogP contribution in [0.25, 0.3) is 0 Å². The predicted octanol–water partition coefficient (Wildman–Crippen LogP) is 1.31. The summed E-state index contributed by atoms with van der Waals surface area (Å²) in [6.45, 7) is 0. The normalized spacial score (nSPS) is 22.8. The molecule has 19 heavy (non-hydrogen) atoms. The standard InChI is InChI=1S/C14H20N2O3/c1-19-13-9(5-4-6-10(13)15)14(18)16-11-7-2-3-8-12(11)17/h4-6,11-12,17H,2-3,7-8,15H2,1H3,(H,16,18)/t11-,12-/m1/s1. The Balaban J connectivity index is 2.13. The first-order valence-corrected chi connectivity index (χ1v) is 6.55. The highest BCUT2D eigenvalue weighted by Gasteiger charge is 2.26. The first kappa shape index (κ1) is 13.7. The first-order valence-electron chi connectivity index (χ1n) is 6.55. The smallest absolute Gasteiger partial charge is 0.255 e. The average molecular weight is 264 g/mol. The van der Waals surface area contributed by atoms with Gasteiger partial charge in [0.15, 0.2) is 5.75 Å². The van der Waals surface area contributed by atoms with E-state index in [4.69, 9.17) is 10.5 Å². The number of carbonyl (C=O) groups is 1. The van der Waals surface area contributed by atoms with E-state index in [1.165, 1.54) is 7.11 Å². The fourth-order valence-electron chi connectivity index (χ4n) is 2.49. The van der Waals surface area contributed by atoms with E-state index in [-0.39, 0.29) is 11.9 Å². The zero-order valence-corrected chi connectivity index (χ0v) is 11.1. The number of aliphatic hydroxyl groups excluding tert-OH is 1. The molecule has 1 aromatic rings. The summed E-state index contributed by atoms with van der Waals surface area (Å²) < 4.78 is 5.16. The van der Waals surface area contributed by atoms with Gasteiger partial charge in [0.05, 0.1) is 30.5 Å². The lowest BCUT2D eigenvalue weighted by atomic mass is 9.92. The molecular weight excluding hydrogens is 244 g/mol. The Kier molecular flexibility index (Phi) is 4.27. The predicted molar refractivity (Wildman–Crippen MR) is 73.1 cm³/mol. The van der Waals surface area contributed by atoms with E-state index in [2.05, 4.69) is 5.32 Å². The van der Waals surface area contributed by atoms with Crippen LogP contribution in [0.4, 0.5) is 5.69 Å². The lowest BCUT2D eigenvalue weighted by molar-refractivity contribution is 0.0715. The average Bonchev–Trinajstić information content (AvgIpc) is 2.41. The van der Waals surface area contributed by atoms with E-state index in [0.29, 0.717) is 17.0 Å². The second-order valence-corrected chi connectivity index (χ2v) is 4.86. The number of ether oxygens (including phenoxy) is 1. The van der Waals surface area contributed by atoms with Crippen LogP contribution in [0, 0.1) is 0 Å². The number of para-hydroxylation sites is 1. The Labute approximate surface area is 112 Å². The van der Waals surface area contributed by atoms with Crippen LogP contribution in [0.15, 0.2) is 18.2 Å². The molecule has 1 aromatic carbocycles. The fraction of sp³-hybridized carbons (Fsp3) is 0.500. The lowest BCUT2D eigenvalue weighted by Gasteiger charge is -2.28. The summed E-state index contributed by atoms with van der Waals surface area (Å²) in [4.78, 5) is 12.2. The van der Waals surface area contributed by atoms with E-state index in [0.717, 1.165) is 25.7 Å². The molecule has 0 bridgehead atoms. The summed E-state index contributed by atoms with van der Waals surface area (Å²) >= 11 is 0. The molecule has 0 aromatic heterocycles. The minimum Gasteiger partial charge on any atom is -0.494 e. The highest BCUT2D eigenvalue weighted by molar-refractivity contribution is 5.98. The number of hydrogen-bond acceptors (Lipinski definition) is 4. The van der Waals surface area contributed by atoms with Gasteiger partial charge in [-0.3, -0.25) is 4.79 Å². The summed E-state index contributed by atoms with van der Waals surface area (Å²) in [5.41, 5.74) is 6.61. The van der Waals surface area contributed by atoms with Gasteiger partial charge in [0, 0.05) is 0 Å². The molecule has 0 spiro atoms. The maximum absolute atomic E-state index is 12.2. The third kappa shape index (κ3) is 2.98. The molecule has 0 saturated heterocycles. The number of benzene rings is 1. The van der Waals surface area contributed by atoms with Gasteiger partial charge in [-0.15, -0.1) is 0 Å². The van der Waals surface area contributed by atoms with E-state index < -0.39 is 6.10 Å². The van der Waals surface area contributed by atoms with Crippen molar-refractivity contribution < 1.29 is 14.6 Å². The summed E-state index contributed by atoms with van der Waals surface area (Å²) in [6, 6.07) is 4.88. The Morgan fingerprint density at radius 3 is 2.84 bits per heavy atom. The van der Waals surface area contributed by atoms with Crippen molar-refractivity contribution in [1.29, 1.82) is 0 Å². The molecule has 1 amide bonds. The zero-order valence-electron chi connectivity index (χ0n) is 11.1. The molecule has 5 heteroatoms. The third-order valence-electron chi connectivity index (χ3n) is 3.54. The second-order valence-electron chi connectivity index (χ2n) is 4.86. The van der Waals surface area contributed by atoms with Crippen LogP contribution in [0.5, 0.6) is 5.75 Å². The fourth-order valence-corrected chi connectivity index (χ4v) is 2.49. The van der Waals surface area contributed by atoms with Gasteiger partial charge in [-0.2, -0.15) is 0 Å². The van der Waals surface area contributed by atoms with Crippen LogP contribution in [0.1, 0.15) is 36.0 Å². The van der Waals surface area contributed by atoms with Gasteiger partial charge in [-0.1, -0.05) is 18.9 Å². The zero-order chi connectivity index (χ0) is 13.8. The minimum atomic E-state index is -0.468. The topological polar surface area (TPSA) is 84.6 Å². The van der Waals surface area contributed by atoms with E-state index in [1.807, 2.05) is 0 Å².